The van der Waals surface area contributed by atoms with Crippen molar-refractivity contribution in [2.24, 2.45) is 5.73 Å². The molecule has 5 N–H and O–H groups in total. The van der Waals surface area contributed by atoms with Crippen molar-refractivity contribution in [1.82, 2.24) is 10.6 Å². The maximum absolute atomic E-state index is 12.0. The SMILES string of the molecule is NC(=O)NC(CO)C(=O)NC1CCN(c2ccc(Cl)cc2)CC1. The number of hydrogen-bond donors (Lipinski definition) is 4. The molecule has 8 heteroatoms. The number of nitrogens with two attached hydrogens (primary N) is 1. The molecule has 7 nitrogen and oxygen atoms in total. The molecule has 1 unspecified atom stereocenters. The third-order valence-corrected chi connectivity index (χ3v) is 4.10. The highest BCUT2D eigenvalue weighted by Crippen LogP contribution is 2.22. The molecule has 0 radical (unpaired) electrons. The molecule has 126 valence electrons. The number of nitrogens with one attached hydrogen (secondary N) is 2. The van der Waals surface area contributed by atoms with E-state index in [0.29, 0.717) is 5.02 Å². The lowest BCUT2D eigenvalue weighted by atomic mass is 10.0. The zero-order chi connectivity index (χ0) is 16.8. The minimum atomic E-state index is -1.01. The van der Waals surface area contributed by atoms with Crippen LogP contribution >= 0.6 is 11.6 Å². The molecule has 0 spiro atoms. The summed E-state index contributed by atoms with van der Waals surface area (Å²) in [5, 5.41) is 14.9. The topological polar surface area (TPSA) is 108 Å². The summed E-state index contributed by atoms with van der Waals surface area (Å²) >= 11 is 5.89. The van der Waals surface area contributed by atoms with E-state index in [1.54, 1.807) is 0 Å². The van der Waals surface area contributed by atoms with E-state index in [1.807, 2.05) is 24.3 Å². The Labute approximate surface area is 139 Å². The number of hydrogen-bond acceptors (Lipinski definition) is 4. The van der Waals surface area contributed by atoms with Gasteiger partial charge < -0.3 is 26.4 Å². The van der Waals surface area contributed by atoms with Gasteiger partial charge in [0.15, 0.2) is 0 Å². The molecule has 0 aliphatic carbocycles. The van der Waals surface area contributed by atoms with Crippen LogP contribution in [0, 0.1) is 0 Å². The summed E-state index contributed by atoms with van der Waals surface area (Å²) in [6.45, 7) is 1.12. The van der Waals surface area contributed by atoms with Crippen LogP contribution in [0.5, 0.6) is 0 Å². The Bertz CT molecular complexity index is 544. The fourth-order valence-corrected chi connectivity index (χ4v) is 2.73. The van der Waals surface area contributed by atoms with Gasteiger partial charge in [0, 0.05) is 29.8 Å². The average molecular weight is 341 g/mol. The third-order valence-electron chi connectivity index (χ3n) is 3.85. The highest BCUT2D eigenvalue weighted by atomic mass is 35.5. The highest BCUT2D eigenvalue weighted by molar-refractivity contribution is 6.30. The molecule has 1 aliphatic rings. The van der Waals surface area contributed by atoms with Crippen molar-refractivity contribution in [3.63, 3.8) is 0 Å². The molecule has 1 aliphatic heterocycles. The number of benzene rings is 1. The Hall–Kier alpha value is -1.99. The number of piperidine rings is 1. The van der Waals surface area contributed by atoms with E-state index >= 15 is 0 Å². The first kappa shape index (κ1) is 17.4. The van der Waals surface area contributed by atoms with Gasteiger partial charge in [-0.2, -0.15) is 0 Å². The normalized spacial score (nSPS) is 16.7. The van der Waals surface area contributed by atoms with Gasteiger partial charge in [-0.25, -0.2) is 4.79 Å². The minimum Gasteiger partial charge on any atom is -0.394 e. The van der Waals surface area contributed by atoms with E-state index in [4.69, 9.17) is 22.4 Å². The smallest absolute Gasteiger partial charge is 0.312 e. The third kappa shape index (κ3) is 5.01. The van der Waals surface area contributed by atoms with Gasteiger partial charge >= 0.3 is 6.03 Å². The van der Waals surface area contributed by atoms with E-state index in [1.165, 1.54) is 0 Å². The molecule has 3 amide bonds. The number of halogens is 1. The van der Waals surface area contributed by atoms with Crippen LogP contribution in [0.25, 0.3) is 0 Å². The summed E-state index contributed by atoms with van der Waals surface area (Å²) in [4.78, 5) is 25.0. The van der Waals surface area contributed by atoms with Crippen LogP contribution < -0.4 is 21.3 Å². The molecular weight excluding hydrogens is 320 g/mol. The molecule has 0 saturated carbocycles. The van der Waals surface area contributed by atoms with Gasteiger partial charge in [-0.05, 0) is 37.1 Å². The first-order valence-electron chi connectivity index (χ1n) is 7.47. The lowest BCUT2D eigenvalue weighted by molar-refractivity contribution is -0.124. The predicted octanol–water partition coefficient (Wildman–Crippen LogP) is 0.454. The second-order valence-corrected chi connectivity index (χ2v) is 5.93. The van der Waals surface area contributed by atoms with Gasteiger partial charge in [-0.1, -0.05) is 11.6 Å². The van der Waals surface area contributed by atoms with Crippen molar-refractivity contribution in [2.45, 2.75) is 24.9 Å². The second-order valence-electron chi connectivity index (χ2n) is 5.49. The quantitative estimate of drug-likeness (QED) is 0.624. The monoisotopic (exact) mass is 340 g/mol. The maximum Gasteiger partial charge on any atom is 0.312 e. The van der Waals surface area contributed by atoms with Crippen molar-refractivity contribution in [3.05, 3.63) is 29.3 Å². The van der Waals surface area contributed by atoms with E-state index in [0.717, 1.165) is 31.6 Å². The maximum atomic E-state index is 12.0. The van der Waals surface area contributed by atoms with Crippen LogP contribution in [0.3, 0.4) is 0 Å². The molecule has 2 rings (SSSR count). The largest absolute Gasteiger partial charge is 0.394 e. The Kier molecular flexibility index (Phi) is 6.06. The zero-order valence-electron chi connectivity index (χ0n) is 12.7. The molecule has 1 fully saturated rings. The van der Waals surface area contributed by atoms with Crippen LogP contribution in [0.4, 0.5) is 10.5 Å². The Balaban J connectivity index is 1.83. The lowest BCUT2D eigenvalue weighted by Crippen LogP contribution is -2.54. The number of aliphatic hydroxyl groups excluding tert-OH is 1. The summed E-state index contributed by atoms with van der Waals surface area (Å²) in [5.41, 5.74) is 6.08. The summed E-state index contributed by atoms with van der Waals surface area (Å²) in [6.07, 6.45) is 1.56. The van der Waals surface area contributed by atoms with Gasteiger partial charge in [0.05, 0.1) is 6.61 Å². The van der Waals surface area contributed by atoms with Crippen molar-refractivity contribution < 1.29 is 14.7 Å². The number of primary amides is 1. The molecule has 1 atom stereocenters. The summed E-state index contributed by atoms with van der Waals surface area (Å²) in [7, 11) is 0. The van der Waals surface area contributed by atoms with Crippen LogP contribution in [-0.4, -0.2) is 48.8 Å². The van der Waals surface area contributed by atoms with Crippen molar-refractivity contribution >= 4 is 29.2 Å². The predicted molar refractivity (Wildman–Crippen MR) is 88.4 cm³/mol. The number of carbonyl (C=O) groups excluding carboxylic acids is 2. The van der Waals surface area contributed by atoms with E-state index in [9.17, 15) is 9.59 Å². The molecule has 1 heterocycles. The molecule has 0 aromatic heterocycles. The van der Waals surface area contributed by atoms with Crippen LogP contribution in [0.15, 0.2) is 24.3 Å². The molecule has 0 bridgehead atoms. The average Bonchev–Trinajstić information content (AvgIpc) is 2.54. The van der Waals surface area contributed by atoms with Crippen molar-refractivity contribution in [3.8, 4) is 0 Å². The molecular formula is C15H21ClN4O3. The fourth-order valence-electron chi connectivity index (χ4n) is 2.60. The fraction of sp³-hybridized carbons (Fsp3) is 0.467. The first-order chi connectivity index (χ1) is 11.0. The Morgan fingerprint density at radius 1 is 1.30 bits per heavy atom. The van der Waals surface area contributed by atoms with Crippen molar-refractivity contribution in [2.75, 3.05) is 24.6 Å². The van der Waals surface area contributed by atoms with Crippen molar-refractivity contribution in [1.29, 1.82) is 0 Å². The van der Waals surface area contributed by atoms with E-state index in [2.05, 4.69) is 15.5 Å². The molecule has 23 heavy (non-hydrogen) atoms. The number of aliphatic hydroxyl groups is 1. The standard InChI is InChI=1S/C15H21ClN4O3/c16-10-1-3-12(4-2-10)20-7-5-11(6-8-20)18-14(22)13(9-21)19-15(17)23/h1-4,11,13,21H,5-9H2,(H,18,22)(H3,17,19,23). The number of amides is 3. The van der Waals surface area contributed by atoms with Gasteiger partial charge in [0.1, 0.15) is 6.04 Å². The number of anilines is 1. The number of carbonyl (C=O) groups is 2. The summed E-state index contributed by atoms with van der Waals surface area (Å²) < 4.78 is 0. The highest BCUT2D eigenvalue weighted by Gasteiger charge is 2.25. The molecule has 1 aromatic carbocycles. The Morgan fingerprint density at radius 2 is 1.91 bits per heavy atom. The number of urea groups is 1. The molecule has 1 saturated heterocycles. The zero-order valence-corrected chi connectivity index (χ0v) is 13.4. The summed E-state index contributed by atoms with van der Waals surface area (Å²) in [6, 6.07) is 5.81. The lowest BCUT2D eigenvalue weighted by Gasteiger charge is -2.34. The van der Waals surface area contributed by atoms with Gasteiger partial charge in [0.25, 0.3) is 0 Å². The van der Waals surface area contributed by atoms with Crippen LogP contribution in [-0.2, 0) is 4.79 Å². The summed E-state index contributed by atoms with van der Waals surface area (Å²) in [5.74, 6) is -0.420. The minimum absolute atomic E-state index is 0.00905. The van der Waals surface area contributed by atoms with E-state index < -0.39 is 24.6 Å². The van der Waals surface area contributed by atoms with Gasteiger partial charge in [0.2, 0.25) is 5.91 Å². The van der Waals surface area contributed by atoms with E-state index in [-0.39, 0.29) is 6.04 Å². The van der Waals surface area contributed by atoms with Gasteiger partial charge in [-0.15, -0.1) is 0 Å². The number of nitrogens with zero attached hydrogens (tertiary/aromatic N) is 1. The molecule has 1 aromatic rings. The van der Waals surface area contributed by atoms with Crippen LogP contribution in [0.2, 0.25) is 5.02 Å². The van der Waals surface area contributed by atoms with Gasteiger partial charge in [-0.3, -0.25) is 4.79 Å². The second kappa shape index (κ2) is 8.03. The number of rotatable bonds is 5. The first-order valence-corrected chi connectivity index (χ1v) is 7.85. The Morgan fingerprint density at radius 3 is 2.43 bits per heavy atom. The van der Waals surface area contributed by atoms with Crippen LogP contribution in [0.1, 0.15) is 12.8 Å².